The van der Waals surface area contributed by atoms with Crippen molar-refractivity contribution < 1.29 is 14.7 Å². The largest absolute Gasteiger partial charge is 0.480 e. The molecule has 0 aliphatic heterocycles. The van der Waals surface area contributed by atoms with Gasteiger partial charge in [-0.25, -0.2) is 9.59 Å². The number of carboxylic acid groups (broad SMARTS) is 1. The molecule has 1 aromatic carbocycles. The van der Waals surface area contributed by atoms with Crippen LogP contribution in [-0.4, -0.2) is 23.2 Å². The lowest BCUT2D eigenvalue weighted by Gasteiger charge is -2.14. The van der Waals surface area contributed by atoms with Gasteiger partial charge in [0.2, 0.25) is 6.08 Å². The van der Waals surface area contributed by atoms with E-state index in [4.69, 9.17) is 5.11 Å². The predicted octanol–water partition coefficient (Wildman–Crippen LogP) is 1.58. The number of nitrogens with zero attached hydrogens (tertiary/aromatic N) is 1. The van der Waals surface area contributed by atoms with Gasteiger partial charge in [0.15, 0.2) is 6.04 Å². The van der Waals surface area contributed by atoms with Crippen molar-refractivity contribution in [2.75, 3.05) is 0 Å². The van der Waals surface area contributed by atoms with Gasteiger partial charge in [-0.3, -0.25) is 0 Å². The van der Waals surface area contributed by atoms with Crippen molar-refractivity contribution in [1.29, 1.82) is 0 Å². The van der Waals surface area contributed by atoms with Crippen LogP contribution in [0, 0.1) is 0 Å². The van der Waals surface area contributed by atoms with Gasteiger partial charge in [-0.2, -0.15) is 4.99 Å². The van der Waals surface area contributed by atoms with Crippen LogP contribution < -0.4 is 0 Å². The average Bonchev–Trinajstić information content (AvgIpc) is 2.26. The van der Waals surface area contributed by atoms with Gasteiger partial charge in [0, 0.05) is 5.92 Å². The molecule has 0 aliphatic rings. The third-order valence-electron chi connectivity index (χ3n) is 2.24. The molecular formula is C11H11NO3. The second-order valence-electron chi connectivity index (χ2n) is 3.20. The minimum absolute atomic E-state index is 0.342. The zero-order valence-electron chi connectivity index (χ0n) is 8.25. The maximum absolute atomic E-state index is 10.8. The first-order chi connectivity index (χ1) is 7.16. The van der Waals surface area contributed by atoms with Crippen molar-refractivity contribution in [3.05, 3.63) is 35.9 Å². The fourth-order valence-corrected chi connectivity index (χ4v) is 1.38. The summed E-state index contributed by atoms with van der Waals surface area (Å²) >= 11 is 0. The minimum atomic E-state index is -1.12. The van der Waals surface area contributed by atoms with Crippen molar-refractivity contribution in [3.8, 4) is 0 Å². The second-order valence-corrected chi connectivity index (χ2v) is 3.20. The molecule has 1 aromatic rings. The minimum Gasteiger partial charge on any atom is -0.480 e. The van der Waals surface area contributed by atoms with E-state index < -0.39 is 12.0 Å². The molecule has 0 bridgehead atoms. The van der Waals surface area contributed by atoms with Crippen molar-refractivity contribution in [2.45, 2.75) is 18.9 Å². The van der Waals surface area contributed by atoms with Crippen LogP contribution in [-0.2, 0) is 9.59 Å². The molecule has 0 aliphatic carbocycles. The number of carbonyl (C=O) groups is 1. The Kier molecular flexibility index (Phi) is 3.77. The van der Waals surface area contributed by atoms with E-state index in [1.54, 1.807) is 19.1 Å². The molecular weight excluding hydrogens is 194 g/mol. The first kappa shape index (κ1) is 11.1. The lowest BCUT2D eigenvalue weighted by atomic mass is 9.94. The number of rotatable bonds is 4. The molecule has 15 heavy (non-hydrogen) atoms. The van der Waals surface area contributed by atoms with E-state index in [-0.39, 0.29) is 5.92 Å². The third kappa shape index (κ3) is 2.76. The van der Waals surface area contributed by atoms with Crippen molar-refractivity contribution in [1.82, 2.24) is 0 Å². The van der Waals surface area contributed by atoms with Gasteiger partial charge in [0.25, 0.3) is 0 Å². The Morgan fingerprint density at radius 1 is 1.40 bits per heavy atom. The quantitative estimate of drug-likeness (QED) is 0.599. The SMILES string of the molecule is CC(c1ccccc1)C(N=C=O)C(=O)O. The number of aliphatic carboxylic acids is 1. The number of carboxylic acids is 1. The monoisotopic (exact) mass is 205 g/mol. The summed E-state index contributed by atoms with van der Waals surface area (Å²) in [4.78, 5) is 24.2. The zero-order chi connectivity index (χ0) is 11.3. The highest BCUT2D eigenvalue weighted by molar-refractivity contribution is 5.76. The summed E-state index contributed by atoms with van der Waals surface area (Å²) < 4.78 is 0. The summed E-state index contributed by atoms with van der Waals surface area (Å²) in [6, 6.07) is 8.02. The molecule has 0 radical (unpaired) electrons. The molecule has 1 N–H and O–H groups in total. The summed E-state index contributed by atoms with van der Waals surface area (Å²) in [6.07, 6.45) is 1.29. The molecule has 0 aromatic heterocycles. The summed E-state index contributed by atoms with van der Waals surface area (Å²) in [5.41, 5.74) is 0.837. The third-order valence-corrected chi connectivity index (χ3v) is 2.24. The fourth-order valence-electron chi connectivity index (χ4n) is 1.38. The number of aliphatic imine (C=N–C) groups is 1. The first-order valence-corrected chi connectivity index (χ1v) is 4.51. The van der Waals surface area contributed by atoms with Crippen LogP contribution in [0.25, 0.3) is 0 Å². The van der Waals surface area contributed by atoms with Gasteiger partial charge in [0.1, 0.15) is 0 Å². The van der Waals surface area contributed by atoms with Crippen LogP contribution in [0.3, 0.4) is 0 Å². The number of isocyanates is 1. The molecule has 2 unspecified atom stereocenters. The van der Waals surface area contributed by atoms with E-state index in [0.29, 0.717) is 0 Å². The van der Waals surface area contributed by atoms with Gasteiger partial charge < -0.3 is 5.11 Å². The van der Waals surface area contributed by atoms with Gasteiger partial charge in [-0.05, 0) is 5.56 Å². The lowest BCUT2D eigenvalue weighted by Crippen LogP contribution is -2.24. The van der Waals surface area contributed by atoms with Crippen LogP contribution in [0.15, 0.2) is 35.3 Å². The molecule has 78 valence electrons. The number of benzene rings is 1. The van der Waals surface area contributed by atoms with E-state index in [1.807, 2.05) is 18.2 Å². The highest BCUT2D eigenvalue weighted by atomic mass is 16.4. The Hall–Kier alpha value is -1.93. The number of hydrogen-bond donors (Lipinski definition) is 1. The Bertz CT molecular complexity index is 380. The van der Waals surface area contributed by atoms with Crippen LogP contribution in [0.4, 0.5) is 0 Å². The Balaban J connectivity index is 2.95. The van der Waals surface area contributed by atoms with Crippen LogP contribution >= 0.6 is 0 Å². The standard InChI is InChI=1S/C11H11NO3/c1-8(9-5-3-2-4-6-9)10(11(14)15)12-7-13/h2-6,8,10H,1H3,(H,14,15). The Labute approximate surface area is 87.3 Å². The maximum Gasteiger partial charge on any atom is 0.330 e. The number of hydrogen-bond acceptors (Lipinski definition) is 3. The fraction of sp³-hybridized carbons (Fsp3) is 0.273. The molecule has 0 heterocycles. The molecule has 0 spiro atoms. The van der Waals surface area contributed by atoms with E-state index in [9.17, 15) is 9.59 Å². The summed E-state index contributed by atoms with van der Waals surface area (Å²) in [6.45, 7) is 1.72. The summed E-state index contributed by atoms with van der Waals surface area (Å²) in [5.74, 6) is -1.46. The van der Waals surface area contributed by atoms with Gasteiger partial charge >= 0.3 is 5.97 Å². The number of carbonyl (C=O) groups excluding carboxylic acids is 1. The highest BCUT2D eigenvalue weighted by Crippen LogP contribution is 2.21. The molecule has 0 fully saturated rings. The van der Waals surface area contributed by atoms with Crippen molar-refractivity contribution in [3.63, 3.8) is 0 Å². The normalized spacial score (nSPS) is 13.7. The molecule has 0 amide bonds. The van der Waals surface area contributed by atoms with E-state index in [0.717, 1.165) is 5.56 Å². The lowest BCUT2D eigenvalue weighted by molar-refractivity contribution is -0.138. The predicted molar refractivity (Wildman–Crippen MR) is 54.4 cm³/mol. The molecule has 0 saturated carbocycles. The zero-order valence-corrected chi connectivity index (χ0v) is 8.25. The smallest absolute Gasteiger partial charge is 0.330 e. The molecule has 2 atom stereocenters. The Morgan fingerprint density at radius 3 is 2.47 bits per heavy atom. The Morgan fingerprint density at radius 2 is 2.00 bits per heavy atom. The van der Waals surface area contributed by atoms with Gasteiger partial charge in [0.05, 0.1) is 0 Å². The first-order valence-electron chi connectivity index (χ1n) is 4.51. The second kappa shape index (κ2) is 5.08. The van der Waals surface area contributed by atoms with Crippen molar-refractivity contribution in [2.24, 2.45) is 4.99 Å². The van der Waals surface area contributed by atoms with Crippen LogP contribution in [0.2, 0.25) is 0 Å². The maximum atomic E-state index is 10.8. The summed E-state index contributed by atoms with van der Waals surface area (Å²) in [7, 11) is 0. The summed E-state index contributed by atoms with van der Waals surface area (Å²) in [5, 5.41) is 8.86. The van der Waals surface area contributed by atoms with E-state index in [2.05, 4.69) is 4.99 Å². The van der Waals surface area contributed by atoms with Crippen LogP contribution in [0.1, 0.15) is 18.4 Å². The molecule has 4 nitrogen and oxygen atoms in total. The van der Waals surface area contributed by atoms with Crippen molar-refractivity contribution >= 4 is 12.0 Å². The van der Waals surface area contributed by atoms with Gasteiger partial charge in [-0.15, -0.1) is 0 Å². The molecule has 1 rings (SSSR count). The average molecular weight is 205 g/mol. The highest BCUT2D eigenvalue weighted by Gasteiger charge is 2.25. The van der Waals surface area contributed by atoms with Crippen LogP contribution in [0.5, 0.6) is 0 Å². The van der Waals surface area contributed by atoms with E-state index in [1.165, 1.54) is 6.08 Å². The molecule has 4 heteroatoms. The topological polar surface area (TPSA) is 66.7 Å². The van der Waals surface area contributed by atoms with E-state index >= 15 is 0 Å². The van der Waals surface area contributed by atoms with Gasteiger partial charge in [-0.1, -0.05) is 37.3 Å². The molecule has 0 saturated heterocycles.